The molecule has 0 aliphatic carbocycles. The summed E-state index contributed by atoms with van der Waals surface area (Å²) in [6, 6.07) is 22.2. The molecule has 1 amide bonds. The molecule has 0 aliphatic rings. The van der Waals surface area contributed by atoms with Gasteiger partial charge < -0.3 is 19.4 Å². The van der Waals surface area contributed by atoms with Crippen LogP contribution >= 0.6 is 11.8 Å². The van der Waals surface area contributed by atoms with Gasteiger partial charge in [-0.15, -0.1) is 11.8 Å². The third kappa shape index (κ3) is 4.92. The van der Waals surface area contributed by atoms with Gasteiger partial charge in [-0.1, -0.05) is 48.0 Å². The number of nitrogens with one attached hydrogen (secondary N) is 1. The van der Waals surface area contributed by atoms with E-state index in [0.717, 1.165) is 22.3 Å². The molecule has 0 radical (unpaired) electrons. The molecule has 0 bridgehead atoms. The first-order valence-corrected chi connectivity index (χ1v) is 11.3. The first kappa shape index (κ1) is 21.8. The summed E-state index contributed by atoms with van der Waals surface area (Å²) in [6.07, 6.45) is 2.13. The van der Waals surface area contributed by atoms with Crippen LogP contribution in [0.3, 0.4) is 0 Å². The summed E-state index contributed by atoms with van der Waals surface area (Å²) in [5, 5.41) is 4.08. The van der Waals surface area contributed by atoms with Gasteiger partial charge in [0, 0.05) is 34.6 Å². The molecule has 3 aromatic carbocycles. The average Bonchev–Trinajstić information content (AvgIpc) is 3.16. The second-order valence-corrected chi connectivity index (χ2v) is 8.54. The summed E-state index contributed by atoms with van der Waals surface area (Å²) in [5.41, 5.74) is 4.25. The van der Waals surface area contributed by atoms with Gasteiger partial charge in [0.2, 0.25) is 5.91 Å². The average molecular weight is 447 g/mol. The van der Waals surface area contributed by atoms with Crippen LogP contribution in [0.15, 0.2) is 77.8 Å². The summed E-state index contributed by atoms with van der Waals surface area (Å²) < 4.78 is 12.9. The molecule has 0 saturated carbocycles. The van der Waals surface area contributed by atoms with Crippen molar-refractivity contribution in [2.24, 2.45) is 0 Å². The van der Waals surface area contributed by atoms with E-state index in [4.69, 9.17) is 9.47 Å². The molecular formula is C26H26N2O3S. The van der Waals surface area contributed by atoms with E-state index in [0.29, 0.717) is 22.9 Å². The third-order valence-electron chi connectivity index (χ3n) is 5.27. The van der Waals surface area contributed by atoms with Gasteiger partial charge in [-0.05, 0) is 30.7 Å². The Balaban J connectivity index is 1.50. The van der Waals surface area contributed by atoms with Gasteiger partial charge in [-0.3, -0.25) is 4.79 Å². The van der Waals surface area contributed by atoms with Gasteiger partial charge >= 0.3 is 0 Å². The molecule has 164 valence electrons. The number of amides is 1. The van der Waals surface area contributed by atoms with Crippen molar-refractivity contribution in [1.82, 2.24) is 4.57 Å². The number of aryl methyl sites for hydroxylation is 1. The lowest BCUT2D eigenvalue weighted by molar-refractivity contribution is -0.113. The molecule has 6 heteroatoms. The van der Waals surface area contributed by atoms with Crippen molar-refractivity contribution in [1.29, 1.82) is 0 Å². The highest BCUT2D eigenvalue weighted by molar-refractivity contribution is 8.00. The van der Waals surface area contributed by atoms with Crippen LogP contribution in [0.2, 0.25) is 0 Å². The van der Waals surface area contributed by atoms with Gasteiger partial charge in [0.1, 0.15) is 11.5 Å². The minimum absolute atomic E-state index is 0.100. The van der Waals surface area contributed by atoms with Crippen molar-refractivity contribution in [3.63, 3.8) is 0 Å². The molecule has 0 atom stereocenters. The summed E-state index contributed by atoms with van der Waals surface area (Å²) in [7, 11) is 3.17. The van der Waals surface area contributed by atoms with E-state index in [9.17, 15) is 4.79 Å². The molecule has 0 unspecified atom stereocenters. The van der Waals surface area contributed by atoms with E-state index in [-0.39, 0.29) is 5.91 Å². The maximum absolute atomic E-state index is 12.7. The van der Waals surface area contributed by atoms with Crippen LogP contribution in [0, 0.1) is 6.92 Å². The number of carbonyl (C=O) groups is 1. The fraction of sp³-hybridized carbons (Fsp3) is 0.192. The topological polar surface area (TPSA) is 52.5 Å². The number of para-hydroxylation sites is 1. The molecule has 0 fully saturated rings. The number of nitrogens with zero attached hydrogens (tertiary/aromatic N) is 1. The van der Waals surface area contributed by atoms with E-state index in [1.165, 1.54) is 22.9 Å². The van der Waals surface area contributed by atoms with Crippen LogP contribution in [-0.4, -0.2) is 30.4 Å². The van der Waals surface area contributed by atoms with Gasteiger partial charge in [0.05, 0.1) is 25.7 Å². The first-order valence-electron chi connectivity index (χ1n) is 10.4. The molecule has 32 heavy (non-hydrogen) atoms. The van der Waals surface area contributed by atoms with Crippen LogP contribution in [0.25, 0.3) is 10.9 Å². The number of hydrogen-bond acceptors (Lipinski definition) is 4. The molecule has 1 heterocycles. The molecule has 1 N–H and O–H groups in total. The van der Waals surface area contributed by atoms with E-state index in [2.05, 4.69) is 59.4 Å². The number of anilines is 1. The fourth-order valence-corrected chi connectivity index (χ4v) is 4.48. The third-order valence-corrected chi connectivity index (χ3v) is 6.31. The molecule has 0 spiro atoms. The van der Waals surface area contributed by atoms with Crippen molar-refractivity contribution in [2.75, 3.05) is 25.3 Å². The zero-order valence-corrected chi connectivity index (χ0v) is 19.2. The molecule has 1 aromatic heterocycles. The smallest absolute Gasteiger partial charge is 0.234 e. The Kier molecular flexibility index (Phi) is 6.71. The number of benzene rings is 3. The fourth-order valence-electron chi connectivity index (χ4n) is 3.59. The zero-order chi connectivity index (χ0) is 22.5. The predicted octanol–water partition coefficient (Wildman–Crippen LogP) is 5.75. The van der Waals surface area contributed by atoms with Crippen LogP contribution in [0.1, 0.15) is 11.1 Å². The van der Waals surface area contributed by atoms with E-state index < -0.39 is 0 Å². The van der Waals surface area contributed by atoms with Crippen LogP contribution in [-0.2, 0) is 11.3 Å². The number of methoxy groups -OCH3 is 2. The van der Waals surface area contributed by atoms with Crippen molar-refractivity contribution < 1.29 is 14.3 Å². The van der Waals surface area contributed by atoms with Crippen molar-refractivity contribution in [3.05, 3.63) is 84.1 Å². The number of fused-ring (bicyclic) bond motifs is 1. The Bertz CT molecular complexity index is 1230. The molecule has 4 rings (SSSR count). The van der Waals surface area contributed by atoms with Crippen LogP contribution < -0.4 is 14.8 Å². The number of hydrogen-bond donors (Lipinski definition) is 1. The summed E-state index contributed by atoms with van der Waals surface area (Å²) in [4.78, 5) is 13.8. The Labute approximate surface area is 192 Å². The SMILES string of the molecule is COc1ccc(OC)c(NC(=O)CSc2cn(Cc3ccc(C)cc3)c3ccccc23)c1. The molecule has 0 saturated heterocycles. The lowest BCUT2D eigenvalue weighted by Gasteiger charge is -2.11. The van der Waals surface area contributed by atoms with Crippen molar-refractivity contribution >= 4 is 34.3 Å². The van der Waals surface area contributed by atoms with E-state index >= 15 is 0 Å². The number of rotatable bonds is 8. The standard InChI is InChI=1S/C26H26N2O3S/c1-18-8-10-19(11-9-18)15-28-16-25(21-6-4-5-7-23(21)28)32-17-26(29)27-22-14-20(30-2)12-13-24(22)31-3/h4-14,16H,15,17H2,1-3H3,(H,27,29). The Morgan fingerprint density at radius 3 is 2.53 bits per heavy atom. The highest BCUT2D eigenvalue weighted by Gasteiger charge is 2.13. The quantitative estimate of drug-likeness (QED) is 0.350. The zero-order valence-electron chi connectivity index (χ0n) is 18.4. The number of carbonyl (C=O) groups excluding carboxylic acids is 1. The second kappa shape index (κ2) is 9.83. The summed E-state index contributed by atoms with van der Waals surface area (Å²) in [5.74, 6) is 1.45. The van der Waals surface area contributed by atoms with E-state index in [1.807, 2.05) is 12.1 Å². The Morgan fingerprint density at radius 2 is 1.78 bits per heavy atom. The number of ether oxygens (including phenoxy) is 2. The van der Waals surface area contributed by atoms with Gasteiger partial charge in [0.25, 0.3) is 0 Å². The summed E-state index contributed by atoms with van der Waals surface area (Å²) in [6.45, 7) is 2.88. The Morgan fingerprint density at radius 1 is 1.00 bits per heavy atom. The lowest BCUT2D eigenvalue weighted by atomic mass is 10.1. The van der Waals surface area contributed by atoms with E-state index in [1.54, 1.807) is 32.4 Å². The first-order chi connectivity index (χ1) is 15.6. The van der Waals surface area contributed by atoms with Crippen LogP contribution in [0.4, 0.5) is 5.69 Å². The summed E-state index contributed by atoms with van der Waals surface area (Å²) >= 11 is 1.53. The van der Waals surface area contributed by atoms with Crippen molar-refractivity contribution in [2.45, 2.75) is 18.4 Å². The van der Waals surface area contributed by atoms with Gasteiger partial charge in [-0.25, -0.2) is 0 Å². The highest BCUT2D eigenvalue weighted by Crippen LogP contribution is 2.32. The molecule has 4 aromatic rings. The monoisotopic (exact) mass is 446 g/mol. The van der Waals surface area contributed by atoms with Gasteiger partial charge in [0.15, 0.2) is 0 Å². The molecule has 0 aliphatic heterocycles. The molecular weight excluding hydrogens is 420 g/mol. The predicted molar refractivity (Wildman–Crippen MR) is 131 cm³/mol. The largest absolute Gasteiger partial charge is 0.497 e. The normalized spacial score (nSPS) is 10.8. The van der Waals surface area contributed by atoms with Crippen molar-refractivity contribution in [3.8, 4) is 11.5 Å². The maximum atomic E-state index is 12.7. The van der Waals surface area contributed by atoms with Crippen LogP contribution in [0.5, 0.6) is 11.5 Å². The minimum atomic E-state index is -0.100. The van der Waals surface area contributed by atoms with Gasteiger partial charge in [-0.2, -0.15) is 0 Å². The lowest BCUT2D eigenvalue weighted by Crippen LogP contribution is -2.14. The molecule has 5 nitrogen and oxygen atoms in total. The minimum Gasteiger partial charge on any atom is -0.497 e. The maximum Gasteiger partial charge on any atom is 0.234 e. The second-order valence-electron chi connectivity index (χ2n) is 7.53. The number of aromatic nitrogens is 1. The number of thioether (sulfide) groups is 1. The Hall–Kier alpha value is -3.38. The highest BCUT2D eigenvalue weighted by atomic mass is 32.2.